The Hall–Kier alpha value is -0.870. The average molecular weight is 297 g/mol. The molecule has 3 nitrogen and oxygen atoms in total. The normalized spacial score (nSPS) is 14.2. The number of hydrogen-bond donors (Lipinski definition) is 1. The Balaban J connectivity index is 2.62. The Kier molecular flexibility index (Phi) is 7.85. The van der Waals surface area contributed by atoms with Crippen LogP contribution >= 0.6 is 0 Å². The number of benzene rings is 1. The first-order valence-electron chi connectivity index (χ1n) is 7.35. The van der Waals surface area contributed by atoms with E-state index in [1.165, 1.54) is 0 Å². The molecule has 0 spiro atoms. The second kappa shape index (κ2) is 9.14. The molecule has 20 heavy (non-hydrogen) atoms. The van der Waals surface area contributed by atoms with Crippen molar-refractivity contribution in [3.63, 3.8) is 0 Å². The summed E-state index contributed by atoms with van der Waals surface area (Å²) >= 11 is 0. The lowest BCUT2D eigenvalue weighted by molar-refractivity contribution is 0.242. The van der Waals surface area contributed by atoms with E-state index in [4.69, 9.17) is 4.74 Å². The van der Waals surface area contributed by atoms with E-state index in [1.807, 2.05) is 33.0 Å². The monoisotopic (exact) mass is 297 g/mol. The highest BCUT2D eigenvalue weighted by molar-refractivity contribution is 7.85. The maximum Gasteiger partial charge on any atom is 0.119 e. The van der Waals surface area contributed by atoms with Gasteiger partial charge in [0.2, 0.25) is 0 Å². The maximum absolute atomic E-state index is 12.0. The van der Waals surface area contributed by atoms with Gasteiger partial charge in [-0.15, -0.1) is 0 Å². The van der Waals surface area contributed by atoms with E-state index in [1.54, 1.807) is 0 Å². The van der Waals surface area contributed by atoms with Crippen LogP contribution in [0.3, 0.4) is 0 Å². The van der Waals surface area contributed by atoms with Crippen LogP contribution in [0.1, 0.15) is 45.2 Å². The molecule has 0 amide bonds. The molecule has 4 heteroatoms. The summed E-state index contributed by atoms with van der Waals surface area (Å²) in [6.45, 7) is 6.16. The number of hydrogen-bond acceptors (Lipinski definition) is 3. The van der Waals surface area contributed by atoms with Gasteiger partial charge in [0.05, 0.1) is 6.10 Å². The van der Waals surface area contributed by atoms with Gasteiger partial charge in [0.15, 0.2) is 0 Å². The first-order chi connectivity index (χ1) is 9.56. The van der Waals surface area contributed by atoms with Gasteiger partial charge in [-0.25, -0.2) is 0 Å². The van der Waals surface area contributed by atoms with E-state index >= 15 is 0 Å². The molecule has 1 aromatic carbocycles. The summed E-state index contributed by atoms with van der Waals surface area (Å²) in [5.41, 5.74) is 1.16. The summed E-state index contributed by atoms with van der Waals surface area (Å²) < 4.78 is 17.6. The molecule has 2 atom stereocenters. The van der Waals surface area contributed by atoms with Gasteiger partial charge in [0.25, 0.3) is 0 Å². The van der Waals surface area contributed by atoms with Crippen molar-refractivity contribution in [1.82, 2.24) is 5.32 Å². The molecule has 0 fully saturated rings. The molecule has 0 saturated heterocycles. The largest absolute Gasteiger partial charge is 0.491 e. The number of unbranched alkanes of at least 4 members (excludes halogenated alkanes) is 1. The van der Waals surface area contributed by atoms with Crippen LogP contribution in [0.15, 0.2) is 24.3 Å². The van der Waals surface area contributed by atoms with Crippen molar-refractivity contribution in [3.05, 3.63) is 29.8 Å². The average Bonchev–Trinajstić information content (AvgIpc) is 2.43. The number of nitrogens with one attached hydrogen (secondary N) is 1. The van der Waals surface area contributed by atoms with Gasteiger partial charge >= 0.3 is 0 Å². The van der Waals surface area contributed by atoms with Gasteiger partial charge in [-0.1, -0.05) is 25.5 Å². The van der Waals surface area contributed by atoms with Crippen LogP contribution in [0, 0.1) is 0 Å². The molecular formula is C16H27NO2S. The third-order valence-electron chi connectivity index (χ3n) is 3.08. The molecule has 0 aromatic heterocycles. The molecule has 1 N–H and O–H groups in total. The lowest BCUT2D eigenvalue weighted by Gasteiger charge is -2.17. The molecule has 1 rings (SSSR count). The Morgan fingerprint density at radius 2 is 1.90 bits per heavy atom. The van der Waals surface area contributed by atoms with Gasteiger partial charge < -0.3 is 10.1 Å². The second-order valence-corrected chi connectivity index (χ2v) is 6.86. The van der Waals surface area contributed by atoms with Crippen LogP contribution in [0.4, 0.5) is 0 Å². The Morgan fingerprint density at radius 1 is 1.25 bits per heavy atom. The fourth-order valence-corrected chi connectivity index (χ4v) is 3.48. The molecule has 0 bridgehead atoms. The highest BCUT2D eigenvalue weighted by Gasteiger charge is 2.13. The van der Waals surface area contributed by atoms with Crippen LogP contribution in [0.5, 0.6) is 5.75 Å². The van der Waals surface area contributed by atoms with Crippen LogP contribution < -0.4 is 10.1 Å². The highest BCUT2D eigenvalue weighted by Crippen LogP contribution is 2.19. The molecule has 0 radical (unpaired) electrons. The standard InChI is InChI=1S/C16H27NO2S/c1-5-6-11-20(18)12-16(17-4)14-7-9-15(10-8-14)19-13(2)3/h7-10,13,16-17H,5-6,11-12H2,1-4H3. The smallest absolute Gasteiger partial charge is 0.119 e. The maximum atomic E-state index is 12.0. The zero-order valence-corrected chi connectivity index (χ0v) is 13.8. The van der Waals surface area contributed by atoms with Crippen LogP contribution in [-0.4, -0.2) is 28.9 Å². The minimum absolute atomic E-state index is 0.140. The molecule has 0 aliphatic heterocycles. The minimum atomic E-state index is -0.759. The van der Waals surface area contributed by atoms with Crippen LogP contribution in [0.2, 0.25) is 0 Å². The predicted molar refractivity (Wildman–Crippen MR) is 86.8 cm³/mol. The first-order valence-corrected chi connectivity index (χ1v) is 8.84. The van der Waals surface area contributed by atoms with Gasteiger partial charge in [-0.2, -0.15) is 0 Å². The Bertz CT molecular complexity index is 403. The summed E-state index contributed by atoms with van der Waals surface area (Å²) in [6, 6.07) is 8.20. The summed E-state index contributed by atoms with van der Waals surface area (Å²) in [7, 11) is 1.16. The summed E-state index contributed by atoms with van der Waals surface area (Å²) in [5.74, 6) is 2.34. The van der Waals surface area contributed by atoms with E-state index < -0.39 is 10.8 Å². The Morgan fingerprint density at radius 3 is 2.40 bits per heavy atom. The molecule has 0 aliphatic rings. The van der Waals surface area contributed by atoms with Crippen molar-refractivity contribution in [2.24, 2.45) is 0 Å². The van der Waals surface area contributed by atoms with Crippen molar-refractivity contribution in [3.8, 4) is 5.75 Å². The van der Waals surface area contributed by atoms with Crippen LogP contribution in [0.25, 0.3) is 0 Å². The molecule has 0 heterocycles. The van der Waals surface area contributed by atoms with Crippen molar-refractivity contribution in [2.45, 2.75) is 45.8 Å². The lowest BCUT2D eigenvalue weighted by Crippen LogP contribution is -2.23. The van der Waals surface area contributed by atoms with E-state index in [-0.39, 0.29) is 12.1 Å². The zero-order valence-electron chi connectivity index (χ0n) is 13.0. The third kappa shape index (κ3) is 6.06. The van der Waals surface area contributed by atoms with Crippen molar-refractivity contribution in [2.75, 3.05) is 18.6 Å². The van der Waals surface area contributed by atoms with Crippen molar-refractivity contribution in [1.29, 1.82) is 0 Å². The summed E-state index contributed by atoms with van der Waals surface area (Å²) in [5, 5.41) is 3.25. The van der Waals surface area contributed by atoms with E-state index in [9.17, 15) is 4.21 Å². The van der Waals surface area contributed by atoms with Gasteiger partial charge in [0, 0.05) is 28.3 Å². The predicted octanol–water partition coefficient (Wildman–Crippen LogP) is 3.28. The number of ether oxygens (including phenoxy) is 1. The fraction of sp³-hybridized carbons (Fsp3) is 0.625. The first kappa shape index (κ1) is 17.2. The van der Waals surface area contributed by atoms with Gasteiger partial charge in [0.1, 0.15) is 5.75 Å². The minimum Gasteiger partial charge on any atom is -0.491 e. The van der Waals surface area contributed by atoms with Gasteiger partial charge in [-0.05, 0) is 45.0 Å². The second-order valence-electron chi connectivity index (χ2n) is 5.24. The number of rotatable bonds is 9. The molecule has 0 aliphatic carbocycles. The van der Waals surface area contributed by atoms with Gasteiger partial charge in [-0.3, -0.25) is 4.21 Å². The van der Waals surface area contributed by atoms with E-state index in [0.29, 0.717) is 5.75 Å². The van der Waals surface area contributed by atoms with Crippen molar-refractivity contribution >= 4 is 10.8 Å². The van der Waals surface area contributed by atoms with E-state index in [0.717, 1.165) is 29.9 Å². The highest BCUT2D eigenvalue weighted by atomic mass is 32.2. The van der Waals surface area contributed by atoms with Crippen molar-refractivity contribution < 1.29 is 8.95 Å². The molecule has 1 aromatic rings. The van der Waals surface area contributed by atoms with E-state index in [2.05, 4.69) is 24.4 Å². The quantitative estimate of drug-likeness (QED) is 0.760. The summed E-state index contributed by atoms with van der Waals surface area (Å²) in [4.78, 5) is 0. The molecule has 0 saturated carbocycles. The van der Waals surface area contributed by atoms with Crippen LogP contribution in [-0.2, 0) is 10.8 Å². The molecule has 114 valence electrons. The molecule has 2 unspecified atom stereocenters. The molecular weight excluding hydrogens is 270 g/mol. The fourth-order valence-electron chi connectivity index (χ4n) is 1.97. The third-order valence-corrected chi connectivity index (χ3v) is 4.53. The topological polar surface area (TPSA) is 38.3 Å². The lowest BCUT2D eigenvalue weighted by atomic mass is 10.1. The summed E-state index contributed by atoms with van der Waals surface area (Å²) in [6.07, 6.45) is 2.31. The Labute approximate surface area is 125 Å². The SMILES string of the molecule is CCCCS(=O)CC(NC)c1ccc(OC(C)C)cc1. The zero-order chi connectivity index (χ0) is 15.0.